The zero-order chi connectivity index (χ0) is 13.3. The summed E-state index contributed by atoms with van der Waals surface area (Å²) in [7, 11) is 1.69. The van der Waals surface area contributed by atoms with Crippen LogP contribution in [0, 0.1) is 11.6 Å². The lowest BCUT2D eigenvalue weighted by Gasteiger charge is -2.29. The monoisotopic (exact) mass is 256 g/mol. The van der Waals surface area contributed by atoms with Crippen LogP contribution in [0.5, 0.6) is 0 Å². The van der Waals surface area contributed by atoms with Gasteiger partial charge in [0, 0.05) is 20.2 Å². The molecule has 0 saturated carbocycles. The van der Waals surface area contributed by atoms with Crippen molar-refractivity contribution in [3.63, 3.8) is 0 Å². The van der Waals surface area contributed by atoms with Gasteiger partial charge in [0.15, 0.2) is 0 Å². The Labute approximate surface area is 106 Å². The zero-order valence-electron chi connectivity index (χ0n) is 10.6. The number of nitrogens with zero attached hydrogens (tertiary/aromatic N) is 1. The lowest BCUT2D eigenvalue weighted by atomic mass is 10.1. The van der Waals surface area contributed by atoms with Crippen molar-refractivity contribution >= 4 is 5.69 Å². The molecule has 0 aliphatic carbocycles. The molecule has 1 aliphatic heterocycles. The number of benzene rings is 1. The van der Waals surface area contributed by atoms with Gasteiger partial charge in [0.25, 0.3) is 0 Å². The van der Waals surface area contributed by atoms with Crippen molar-refractivity contribution in [2.24, 2.45) is 5.73 Å². The molecule has 0 radical (unpaired) electrons. The smallest absolute Gasteiger partial charge is 0.149 e. The summed E-state index contributed by atoms with van der Waals surface area (Å²) in [5.74, 6) is -1.14. The second kappa shape index (κ2) is 5.20. The van der Waals surface area contributed by atoms with E-state index in [-0.39, 0.29) is 24.4 Å². The first-order valence-corrected chi connectivity index (χ1v) is 6.07. The summed E-state index contributed by atoms with van der Waals surface area (Å²) in [5.41, 5.74) is 5.84. The van der Waals surface area contributed by atoms with Crippen LogP contribution in [0.4, 0.5) is 14.5 Å². The van der Waals surface area contributed by atoms with Crippen molar-refractivity contribution in [3.05, 3.63) is 29.3 Å². The highest BCUT2D eigenvalue weighted by atomic mass is 19.1. The first-order valence-electron chi connectivity index (χ1n) is 6.07. The molecule has 2 N–H and O–H groups in total. The summed E-state index contributed by atoms with van der Waals surface area (Å²) >= 11 is 0. The van der Waals surface area contributed by atoms with Crippen LogP contribution in [-0.2, 0) is 11.3 Å². The number of hydrogen-bond acceptors (Lipinski definition) is 3. The molecular formula is C13H18F2N2O. The van der Waals surface area contributed by atoms with Crippen LogP contribution in [0.1, 0.15) is 18.9 Å². The molecule has 0 bridgehead atoms. The maximum Gasteiger partial charge on any atom is 0.149 e. The van der Waals surface area contributed by atoms with Crippen molar-refractivity contribution in [2.45, 2.75) is 32.0 Å². The van der Waals surface area contributed by atoms with E-state index in [2.05, 4.69) is 0 Å². The Balaban J connectivity index is 2.32. The SMILES string of the molecule is CC1OCCC1N(C)c1c(F)cc(CN)cc1F. The number of halogens is 2. The van der Waals surface area contributed by atoms with Crippen LogP contribution < -0.4 is 10.6 Å². The van der Waals surface area contributed by atoms with Gasteiger partial charge < -0.3 is 15.4 Å². The van der Waals surface area contributed by atoms with Gasteiger partial charge in [0.2, 0.25) is 0 Å². The van der Waals surface area contributed by atoms with Crippen LogP contribution in [0.25, 0.3) is 0 Å². The average Bonchev–Trinajstić information content (AvgIpc) is 2.74. The van der Waals surface area contributed by atoms with E-state index < -0.39 is 11.6 Å². The van der Waals surface area contributed by atoms with Gasteiger partial charge in [-0.1, -0.05) is 0 Å². The van der Waals surface area contributed by atoms with Gasteiger partial charge in [-0.15, -0.1) is 0 Å². The van der Waals surface area contributed by atoms with Crippen molar-refractivity contribution in [2.75, 3.05) is 18.6 Å². The molecule has 0 amide bonds. The zero-order valence-corrected chi connectivity index (χ0v) is 10.6. The summed E-state index contributed by atoms with van der Waals surface area (Å²) in [6, 6.07) is 2.57. The topological polar surface area (TPSA) is 38.5 Å². The van der Waals surface area contributed by atoms with E-state index in [9.17, 15) is 8.78 Å². The lowest BCUT2D eigenvalue weighted by molar-refractivity contribution is 0.118. The first kappa shape index (κ1) is 13.2. The van der Waals surface area contributed by atoms with Crippen molar-refractivity contribution in [3.8, 4) is 0 Å². The van der Waals surface area contributed by atoms with Gasteiger partial charge >= 0.3 is 0 Å². The van der Waals surface area contributed by atoms with E-state index >= 15 is 0 Å². The number of ether oxygens (including phenoxy) is 1. The number of likely N-dealkylation sites (N-methyl/N-ethyl adjacent to an activating group) is 1. The molecule has 1 saturated heterocycles. The normalized spacial score (nSPS) is 23.4. The number of nitrogens with two attached hydrogens (primary N) is 1. The van der Waals surface area contributed by atoms with Crippen LogP contribution in [0.3, 0.4) is 0 Å². The maximum atomic E-state index is 14.0. The quantitative estimate of drug-likeness (QED) is 0.899. The van der Waals surface area contributed by atoms with E-state index in [4.69, 9.17) is 10.5 Å². The highest BCUT2D eigenvalue weighted by Crippen LogP contribution is 2.29. The minimum atomic E-state index is -0.572. The van der Waals surface area contributed by atoms with Crippen molar-refractivity contribution < 1.29 is 13.5 Å². The average molecular weight is 256 g/mol. The third-order valence-electron chi connectivity index (χ3n) is 3.50. The van der Waals surface area contributed by atoms with E-state index in [1.807, 2.05) is 6.92 Å². The molecular weight excluding hydrogens is 238 g/mol. The Morgan fingerprint density at radius 2 is 2.00 bits per heavy atom. The molecule has 0 spiro atoms. The lowest BCUT2D eigenvalue weighted by Crippen LogP contribution is -2.37. The Hall–Kier alpha value is -1.20. The second-order valence-corrected chi connectivity index (χ2v) is 4.66. The van der Waals surface area contributed by atoms with E-state index in [1.165, 1.54) is 12.1 Å². The standard InChI is InChI=1S/C13H18F2N2O/c1-8-12(3-4-18-8)17(2)13-10(14)5-9(7-16)6-11(13)15/h5-6,8,12H,3-4,7,16H2,1-2H3. The second-order valence-electron chi connectivity index (χ2n) is 4.66. The van der Waals surface area contributed by atoms with Gasteiger partial charge in [-0.3, -0.25) is 0 Å². The molecule has 5 heteroatoms. The van der Waals surface area contributed by atoms with Gasteiger partial charge in [-0.25, -0.2) is 8.78 Å². The molecule has 1 aromatic carbocycles. The molecule has 0 aromatic heterocycles. The molecule has 2 atom stereocenters. The number of rotatable bonds is 3. The molecule has 1 heterocycles. The molecule has 100 valence electrons. The van der Waals surface area contributed by atoms with Crippen molar-refractivity contribution in [1.82, 2.24) is 0 Å². The minimum absolute atomic E-state index is 0.00211. The Morgan fingerprint density at radius 3 is 2.44 bits per heavy atom. The maximum absolute atomic E-state index is 14.0. The Kier molecular flexibility index (Phi) is 3.82. The molecule has 18 heavy (non-hydrogen) atoms. The molecule has 1 aliphatic rings. The summed E-state index contributed by atoms with van der Waals surface area (Å²) in [5, 5.41) is 0. The Bertz CT molecular complexity index is 416. The molecule has 1 aromatic rings. The fourth-order valence-corrected chi connectivity index (χ4v) is 2.47. The van der Waals surface area contributed by atoms with E-state index in [0.717, 1.165) is 6.42 Å². The fraction of sp³-hybridized carbons (Fsp3) is 0.538. The van der Waals surface area contributed by atoms with Crippen LogP contribution in [0.15, 0.2) is 12.1 Å². The first-order chi connectivity index (χ1) is 8.54. The van der Waals surface area contributed by atoms with Crippen molar-refractivity contribution in [1.29, 1.82) is 0 Å². The van der Waals surface area contributed by atoms with Gasteiger partial charge in [-0.2, -0.15) is 0 Å². The summed E-state index contributed by atoms with van der Waals surface area (Å²) in [4.78, 5) is 1.63. The fourth-order valence-electron chi connectivity index (χ4n) is 2.47. The van der Waals surface area contributed by atoms with Gasteiger partial charge in [0.1, 0.15) is 17.3 Å². The predicted octanol–water partition coefficient (Wildman–Crippen LogP) is 2.04. The third kappa shape index (κ3) is 2.33. The summed E-state index contributed by atoms with van der Waals surface area (Å²) in [6.07, 6.45) is 0.748. The largest absolute Gasteiger partial charge is 0.376 e. The minimum Gasteiger partial charge on any atom is -0.376 e. The summed E-state index contributed by atoms with van der Waals surface area (Å²) in [6.45, 7) is 2.67. The van der Waals surface area contributed by atoms with E-state index in [1.54, 1.807) is 11.9 Å². The number of anilines is 1. The third-order valence-corrected chi connectivity index (χ3v) is 3.50. The van der Waals surface area contributed by atoms with E-state index in [0.29, 0.717) is 12.2 Å². The molecule has 2 unspecified atom stereocenters. The predicted molar refractivity (Wildman–Crippen MR) is 66.5 cm³/mol. The molecule has 3 nitrogen and oxygen atoms in total. The highest BCUT2D eigenvalue weighted by Gasteiger charge is 2.30. The number of hydrogen-bond donors (Lipinski definition) is 1. The van der Waals surface area contributed by atoms with Gasteiger partial charge in [0.05, 0.1) is 12.1 Å². The summed E-state index contributed by atoms with van der Waals surface area (Å²) < 4.78 is 33.3. The Morgan fingerprint density at radius 1 is 1.39 bits per heavy atom. The van der Waals surface area contributed by atoms with Crippen LogP contribution in [0.2, 0.25) is 0 Å². The van der Waals surface area contributed by atoms with Gasteiger partial charge in [-0.05, 0) is 31.0 Å². The highest BCUT2D eigenvalue weighted by molar-refractivity contribution is 5.51. The molecule has 1 fully saturated rings. The van der Waals surface area contributed by atoms with Crippen LogP contribution in [-0.4, -0.2) is 25.8 Å². The molecule has 2 rings (SSSR count). The van der Waals surface area contributed by atoms with Crippen LogP contribution >= 0.6 is 0 Å².